The van der Waals surface area contributed by atoms with Gasteiger partial charge in [0.15, 0.2) is 0 Å². The van der Waals surface area contributed by atoms with Crippen LogP contribution in [0.5, 0.6) is 0 Å². The molecule has 0 atom stereocenters. The highest BCUT2D eigenvalue weighted by Crippen LogP contribution is 2.35. The molecule has 0 aliphatic heterocycles. The molecule has 0 fully saturated rings. The lowest BCUT2D eigenvalue weighted by Gasteiger charge is -2.17. The van der Waals surface area contributed by atoms with Gasteiger partial charge in [0.2, 0.25) is 11.9 Å². The first kappa shape index (κ1) is 22.3. The van der Waals surface area contributed by atoms with Crippen LogP contribution in [-0.2, 0) is 22.4 Å². The first-order chi connectivity index (χ1) is 16.3. The van der Waals surface area contributed by atoms with Gasteiger partial charge in [0.05, 0.1) is 35.6 Å². The number of rotatable bonds is 7. The number of aliphatic carboxylic acids is 2. The molecule has 0 aliphatic rings. The van der Waals surface area contributed by atoms with E-state index in [9.17, 15) is 19.8 Å². The molecule has 4 aromatic rings. The Labute approximate surface area is 194 Å². The second-order valence-electron chi connectivity index (χ2n) is 7.39. The van der Waals surface area contributed by atoms with E-state index in [0.717, 1.165) is 0 Å². The molecule has 2 aromatic heterocycles. The van der Waals surface area contributed by atoms with Crippen LogP contribution in [-0.4, -0.2) is 42.1 Å². The van der Waals surface area contributed by atoms with Gasteiger partial charge >= 0.3 is 11.9 Å². The molecule has 0 saturated carbocycles. The third-order valence-corrected chi connectivity index (χ3v) is 5.02. The van der Waals surface area contributed by atoms with Crippen LogP contribution in [0.15, 0.2) is 60.7 Å². The summed E-state index contributed by atoms with van der Waals surface area (Å²) in [6.45, 7) is 0. The fourth-order valence-electron chi connectivity index (χ4n) is 3.70. The van der Waals surface area contributed by atoms with Crippen molar-refractivity contribution in [2.75, 3.05) is 11.5 Å². The number of hydrogen-bond acceptors (Lipinski definition) is 8. The summed E-state index contributed by atoms with van der Waals surface area (Å²) in [6.07, 6.45) is -0.895. The van der Waals surface area contributed by atoms with Gasteiger partial charge < -0.3 is 21.7 Å². The molecule has 10 nitrogen and oxygen atoms in total. The third kappa shape index (κ3) is 4.65. The molecule has 0 amide bonds. The van der Waals surface area contributed by atoms with E-state index in [2.05, 4.69) is 19.9 Å². The highest BCUT2D eigenvalue weighted by molar-refractivity contribution is 5.86. The number of aromatic nitrogens is 4. The number of nitrogens with zero attached hydrogens (tertiary/aromatic N) is 4. The molecule has 2 heterocycles. The molecule has 0 saturated heterocycles. The van der Waals surface area contributed by atoms with Gasteiger partial charge in [-0.15, -0.1) is 0 Å². The maximum atomic E-state index is 11.8. The molecule has 0 unspecified atom stereocenters. The van der Waals surface area contributed by atoms with Gasteiger partial charge in [-0.25, -0.2) is 19.9 Å². The van der Waals surface area contributed by atoms with Crippen molar-refractivity contribution in [1.82, 2.24) is 19.9 Å². The van der Waals surface area contributed by atoms with Gasteiger partial charge in [0, 0.05) is 22.3 Å². The Morgan fingerprint density at radius 1 is 0.588 bits per heavy atom. The normalized spacial score (nSPS) is 10.7. The molecule has 4 rings (SSSR count). The molecule has 0 bridgehead atoms. The lowest BCUT2D eigenvalue weighted by atomic mass is 9.95. The molecule has 34 heavy (non-hydrogen) atoms. The van der Waals surface area contributed by atoms with E-state index in [0.29, 0.717) is 22.5 Å². The van der Waals surface area contributed by atoms with Crippen molar-refractivity contribution in [1.29, 1.82) is 0 Å². The second kappa shape index (κ2) is 9.33. The van der Waals surface area contributed by atoms with Crippen LogP contribution in [0.1, 0.15) is 11.1 Å². The van der Waals surface area contributed by atoms with Crippen molar-refractivity contribution in [2.24, 2.45) is 0 Å². The van der Waals surface area contributed by atoms with E-state index in [4.69, 9.17) is 11.5 Å². The molecule has 2 aromatic carbocycles. The van der Waals surface area contributed by atoms with E-state index >= 15 is 0 Å². The maximum absolute atomic E-state index is 11.8. The van der Waals surface area contributed by atoms with Gasteiger partial charge in [-0.3, -0.25) is 9.59 Å². The Kier molecular flexibility index (Phi) is 6.13. The first-order valence-electron chi connectivity index (χ1n) is 10.2. The molecular formula is C24H20N6O4. The standard InChI is InChI=1S/C24H20N6O4/c25-23-27-19(13-7-3-1-4-8-13)15(11-17(31)32)21(29-23)22-16(12-18(33)34)20(28-24(26)30-22)14-9-5-2-6-10-14/h1-10H,11-12H2,(H,31,32)(H,33,34)(H2,25,27,29)(H2,26,28,30). The molecular weight excluding hydrogens is 436 g/mol. The number of carboxylic acids is 2. The number of anilines is 2. The lowest BCUT2D eigenvalue weighted by Crippen LogP contribution is -2.14. The zero-order chi connectivity index (χ0) is 24.2. The van der Waals surface area contributed by atoms with Gasteiger partial charge in [-0.1, -0.05) is 60.7 Å². The van der Waals surface area contributed by atoms with Gasteiger partial charge in [0.1, 0.15) is 0 Å². The van der Waals surface area contributed by atoms with E-state index in [1.807, 2.05) is 12.1 Å². The number of nitrogens with two attached hydrogens (primary N) is 2. The summed E-state index contributed by atoms with van der Waals surface area (Å²) in [5.41, 5.74) is 14.5. The Hall–Kier alpha value is -4.86. The molecule has 170 valence electrons. The smallest absolute Gasteiger partial charge is 0.307 e. The van der Waals surface area contributed by atoms with Crippen LogP contribution >= 0.6 is 0 Å². The summed E-state index contributed by atoms with van der Waals surface area (Å²) in [5.74, 6) is -2.50. The predicted molar refractivity (Wildman–Crippen MR) is 125 cm³/mol. The summed E-state index contributed by atoms with van der Waals surface area (Å²) >= 11 is 0. The third-order valence-electron chi connectivity index (χ3n) is 5.02. The quantitative estimate of drug-likeness (QED) is 0.323. The van der Waals surface area contributed by atoms with Gasteiger partial charge in [0.25, 0.3) is 0 Å². The summed E-state index contributed by atoms with van der Waals surface area (Å²) in [7, 11) is 0. The minimum absolute atomic E-state index is 0.0938. The number of hydrogen-bond donors (Lipinski definition) is 4. The topological polar surface area (TPSA) is 178 Å². The predicted octanol–water partition coefficient (Wildman–Crippen LogP) is 2.69. The van der Waals surface area contributed by atoms with Crippen molar-refractivity contribution in [3.63, 3.8) is 0 Å². The second-order valence-corrected chi connectivity index (χ2v) is 7.39. The monoisotopic (exact) mass is 456 g/mol. The summed E-state index contributed by atoms with van der Waals surface area (Å²) in [5, 5.41) is 19.3. The Morgan fingerprint density at radius 2 is 0.912 bits per heavy atom. The zero-order valence-corrected chi connectivity index (χ0v) is 17.8. The van der Waals surface area contributed by atoms with Crippen molar-refractivity contribution in [3.05, 3.63) is 71.8 Å². The van der Waals surface area contributed by atoms with Crippen LogP contribution in [0.25, 0.3) is 33.9 Å². The number of benzene rings is 2. The van der Waals surface area contributed by atoms with E-state index in [1.165, 1.54) is 0 Å². The number of carbonyl (C=O) groups is 2. The molecule has 10 heteroatoms. The molecule has 0 aliphatic carbocycles. The maximum Gasteiger partial charge on any atom is 0.307 e. The van der Waals surface area contributed by atoms with Crippen LogP contribution < -0.4 is 11.5 Å². The van der Waals surface area contributed by atoms with Crippen LogP contribution in [0.4, 0.5) is 11.9 Å². The average molecular weight is 456 g/mol. The molecule has 6 N–H and O–H groups in total. The fraction of sp³-hybridized carbons (Fsp3) is 0.0833. The van der Waals surface area contributed by atoms with Gasteiger partial charge in [-0.05, 0) is 0 Å². The van der Waals surface area contributed by atoms with Crippen LogP contribution in [0.2, 0.25) is 0 Å². The van der Waals surface area contributed by atoms with E-state index in [-0.39, 0.29) is 34.4 Å². The Morgan fingerprint density at radius 3 is 1.24 bits per heavy atom. The molecule has 0 radical (unpaired) electrons. The minimum atomic E-state index is -1.13. The van der Waals surface area contributed by atoms with Crippen molar-refractivity contribution >= 4 is 23.8 Å². The Bertz CT molecular complexity index is 1270. The molecule has 0 spiro atoms. The summed E-state index contributed by atoms with van der Waals surface area (Å²) in [4.78, 5) is 40.8. The minimum Gasteiger partial charge on any atom is -0.481 e. The lowest BCUT2D eigenvalue weighted by molar-refractivity contribution is -0.137. The summed E-state index contributed by atoms with van der Waals surface area (Å²) in [6, 6.07) is 17.8. The SMILES string of the molecule is Nc1nc(-c2ccccc2)c(CC(=O)O)c(-c2nc(N)nc(-c3ccccc3)c2CC(=O)O)n1. The average Bonchev–Trinajstić information content (AvgIpc) is 2.81. The van der Waals surface area contributed by atoms with Crippen molar-refractivity contribution < 1.29 is 19.8 Å². The number of nitrogen functional groups attached to an aromatic ring is 2. The van der Waals surface area contributed by atoms with Crippen molar-refractivity contribution in [2.45, 2.75) is 12.8 Å². The summed E-state index contributed by atoms with van der Waals surface area (Å²) < 4.78 is 0. The highest BCUT2D eigenvalue weighted by Gasteiger charge is 2.25. The first-order valence-corrected chi connectivity index (χ1v) is 10.2. The van der Waals surface area contributed by atoms with Crippen LogP contribution in [0, 0.1) is 0 Å². The van der Waals surface area contributed by atoms with Crippen LogP contribution in [0.3, 0.4) is 0 Å². The largest absolute Gasteiger partial charge is 0.481 e. The Balaban J connectivity index is 2.08. The fourth-order valence-corrected chi connectivity index (χ4v) is 3.70. The number of carboxylic acid groups (broad SMARTS) is 2. The van der Waals surface area contributed by atoms with E-state index < -0.39 is 24.8 Å². The van der Waals surface area contributed by atoms with Gasteiger partial charge in [-0.2, -0.15) is 0 Å². The zero-order valence-electron chi connectivity index (χ0n) is 17.8. The van der Waals surface area contributed by atoms with E-state index in [1.54, 1.807) is 48.5 Å². The highest BCUT2D eigenvalue weighted by atomic mass is 16.4. The van der Waals surface area contributed by atoms with Crippen molar-refractivity contribution in [3.8, 4) is 33.9 Å².